The van der Waals surface area contributed by atoms with Gasteiger partial charge in [0.05, 0.1) is 17.9 Å². The normalized spacial score (nSPS) is 11.2. The predicted molar refractivity (Wildman–Crippen MR) is 102 cm³/mol. The molecule has 3 aromatic rings. The first-order chi connectivity index (χ1) is 11.5. The van der Waals surface area contributed by atoms with Crippen LogP contribution in [0, 0.1) is 10.5 Å². The summed E-state index contributed by atoms with van der Waals surface area (Å²) in [6, 6.07) is 5.82. The third kappa shape index (κ3) is 3.04. The number of aryl methyl sites for hydroxylation is 2. The van der Waals surface area contributed by atoms with Gasteiger partial charge in [-0.3, -0.25) is 4.79 Å². The highest BCUT2D eigenvalue weighted by Gasteiger charge is 2.16. The molecular weight excluding hydrogens is 419 g/mol. The molecule has 1 N–H and O–H groups in total. The molecule has 0 aliphatic carbocycles. The monoisotopic (exact) mass is 438 g/mol. The molecule has 0 saturated carbocycles. The molecule has 24 heavy (non-hydrogen) atoms. The summed E-state index contributed by atoms with van der Waals surface area (Å²) >= 11 is 2.23. The van der Waals surface area contributed by atoms with E-state index in [1.54, 1.807) is 4.52 Å². The molecule has 0 radical (unpaired) electrons. The van der Waals surface area contributed by atoms with Gasteiger partial charge in [0.1, 0.15) is 11.6 Å². The Labute approximate surface area is 153 Å². The van der Waals surface area contributed by atoms with E-state index in [2.05, 4.69) is 44.6 Å². The lowest BCUT2D eigenvalue weighted by atomic mass is 10.2. The molecule has 3 rings (SSSR count). The first kappa shape index (κ1) is 16.9. The smallest absolute Gasteiger partial charge is 0.277 e. The Bertz CT molecular complexity index is 946. The number of hydrogen-bond acceptors (Lipinski definition) is 4. The molecule has 0 atom stereocenters. The summed E-state index contributed by atoms with van der Waals surface area (Å²) in [5.74, 6) is 2.00. The van der Waals surface area contributed by atoms with Gasteiger partial charge in [0.25, 0.3) is 5.56 Å². The van der Waals surface area contributed by atoms with Crippen molar-refractivity contribution in [3.63, 3.8) is 0 Å². The summed E-state index contributed by atoms with van der Waals surface area (Å²) in [7, 11) is 0. The number of fused-ring (bicyclic) bond motifs is 1. The van der Waals surface area contributed by atoms with Crippen LogP contribution in [-0.4, -0.2) is 26.2 Å². The van der Waals surface area contributed by atoms with E-state index in [0.29, 0.717) is 29.4 Å². The lowest BCUT2D eigenvalue weighted by Crippen LogP contribution is -2.16. The Balaban J connectivity index is 2.26. The quantitative estimate of drug-likeness (QED) is 0.621. The molecular formula is C17H19IN4O2. The van der Waals surface area contributed by atoms with Gasteiger partial charge in [0.2, 0.25) is 0 Å². The lowest BCUT2D eigenvalue weighted by Gasteiger charge is -2.10. The number of nitrogens with zero attached hydrogens (tertiary/aromatic N) is 3. The summed E-state index contributed by atoms with van der Waals surface area (Å²) in [6.07, 6.45) is 1.71. The molecule has 126 valence electrons. The van der Waals surface area contributed by atoms with Crippen molar-refractivity contribution in [2.45, 2.75) is 33.6 Å². The topological polar surface area (TPSA) is 72.3 Å². The first-order valence-corrected chi connectivity index (χ1v) is 9.04. The van der Waals surface area contributed by atoms with Gasteiger partial charge in [0.15, 0.2) is 11.3 Å². The van der Waals surface area contributed by atoms with Gasteiger partial charge in [-0.25, -0.2) is 9.50 Å². The van der Waals surface area contributed by atoms with Gasteiger partial charge in [0, 0.05) is 9.99 Å². The highest BCUT2D eigenvalue weighted by Crippen LogP contribution is 2.29. The summed E-state index contributed by atoms with van der Waals surface area (Å²) in [4.78, 5) is 19.9. The lowest BCUT2D eigenvalue weighted by molar-refractivity contribution is 0.341. The summed E-state index contributed by atoms with van der Waals surface area (Å²) < 4.78 is 8.41. The Kier molecular flexibility index (Phi) is 4.88. The van der Waals surface area contributed by atoms with Crippen molar-refractivity contribution in [2.75, 3.05) is 6.61 Å². The van der Waals surface area contributed by atoms with Crippen LogP contribution < -0.4 is 10.3 Å². The van der Waals surface area contributed by atoms with Crippen molar-refractivity contribution in [2.24, 2.45) is 0 Å². The number of rotatable bonds is 5. The highest BCUT2D eigenvalue weighted by molar-refractivity contribution is 14.1. The van der Waals surface area contributed by atoms with Crippen LogP contribution in [0.25, 0.3) is 16.9 Å². The van der Waals surface area contributed by atoms with E-state index in [1.807, 2.05) is 32.0 Å². The molecule has 0 fully saturated rings. The minimum absolute atomic E-state index is 0.186. The average Bonchev–Trinajstić information content (AvgIpc) is 2.86. The molecule has 0 aliphatic rings. The van der Waals surface area contributed by atoms with E-state index in [-0.39, 0.29) is 5.56 Å². The van der Waals surface area contributed by atoms with Crippen LogP contribution in [0.4, 0.5) is 0 Å². The van der Waals surface area contributed by atoms with Crippen molar-refractivity contribution < 1.29 is 4.74 Å². The van der Waals surface area contributed by atoms with Crippen LogP contribution in [0.15, 0.2) is 23.0 Å². The zero-order chi connectivity index (χ0) is 17.3. The van der Waals surface area contributed by atoms with E-state index in [9.17, 15) is 4.79 Å². The zero-order valence-corrected chi connectivity index (χ0v) is 16.0. The van der Waals surface area contributed by atoms with Crippen molar-refractivity contribution >= 4 is 28.1 Å². The maximum atomic E-state index is 12.6. The minimum Gasteiger partial charge on any atom is -0.493 e. The SMILES string of the molecule is CCCc1nc(C)c2c(=O)[nH]c(-c3cc(I)ccc3OCC)nn12. The summed E-state index contributed by atoms with van der Waals surface area (Å²) in [5, 5.41) is 4.64. The number of nitrogens with one attached hydrogen (secondary N) is 1. The van der Waals surface area contributed by atoms with Gasteiger partial charge in [-0.15, -0.1) is 5.10 Å². The number of aromatic nitrogens is 4. The van der Waals surface area contributed by atoms with E-state index in [1.165, 1.54) is 0 Å². The minimum atomic E-state index is -0.186. The third-order valence-corrected chi connectivity index (χ3v) is 4.38. The molecule has 0 bridgehead atoms. The van der Waals surface area contributed by atoms with Crippen LogP contribution in [-0.2, 0) is 6.42 Å². The van der Waals surface area contributed by atoms with Gasteiger partial charge in [-0.2, -0.15) is 0 Å². The van der Waals surface area contributed by atoms with Crippen LogP contribution in [0.1, 0.15) is 31.8 Å². The number of aromatic amines is 1. The maximum absolute atomic E-state index is 12.6. The molecule has 0 saturated heterocycles. The Morgan fingerprint density at radius 2 is 2.12 bits per heavy atom. The fourth-order valence-electron chi connectivity index (χ4n) is 2.71. The summed E-state index contributed by atoms with van der Waals surface area (Å²) in [5.41, 5.74) is 1.79. The van der Waals surface area contributed by atoms with E-state index in [4.69, 9.17) is 4.74 Å². The van der Waals surface area contributed by atoms with Crippen molar-refractivity contribution in [1.29, 1.82) is 0 Å². The molecule has 6 nitrogen and oxygen atoms in total. The Morgan fingerprint density at radius 1 is 1.33 bits per heavy atom. The molecule has 2 heterocycles. The van der Waals surface area contributed by atoms with Crippen molar-refractivity contribution in [3.8, 4) is 17.1 Å². The second-order valence-electron chi connectivity index (χ2n) is 5.50. The first-order valence-electron chi connectivity index (χ1n) is 7.96. The Morgan fingerprint density at radius 3 is 2.83 bits per heavy atom. The number of hydrogen-bond donors (Lipinski definition) is 1. The molecule has 0 aliphatic heterocycles. The van der Waals surface area contributed by atoms with Gasteiger partial charge < -0.3 is 9.72 Å². The van der Waals surface area contributed by atoms with E-state index < -0.39 is 0 Å². The van der Waals surface area contributed by atoms with Crippen LogP contribution >= 0.6 is 22.6 Å². The number of ether oxygens (including phenoxy) is 1. The molecule has 7 heteroatoms. The van der Waals surface area contributed by atoms with Crippen LogP contribution in [0.2, 0.25) is 0 Å². The second-order valence-corrected chi connectivity index (χ2v) is 6.75. The van der Waals surface area contributed by atoms with Gasteiger partial charge in [-0.1, -0.05) is 6.92 Å². The molecule has 0 spiro atoms. The highest BCUT2D eigenvalue weighted by atomic mass is 127. The maximum Gasteiger partial charge on any atom is 0.277 e. The van der Waals surface area contributed by atoms with E-state index in [0.717, 1.165) is 27.8 Å². The van der Waals surface area contributed by atoms with E-state index >= 15 is 0 Å². The number of halogens is 1. The summed E-state index contributed by atoms with van der Waals surface area (Å²) in [6.45, 7) is 6.39. The second kappa shape index (κ2) is 6.92. The Hall–Kier alpha value is -1.90. The number of benzene rings is 1. The standard InChI is InChI=1S/C17H19IN4O2/c1-4-6-14-19-10(3)15-17(23)20-16(21-22(14)15)12-9-11(18)7-8-13(12)24-5-2/h7-9H,4-6H2,1-3H3,(H,20,21,23). The molecule has 0 amide bonds. The fraction of sp³-hybridized carbons (Fsp3) is 0.353. The predicted octanol–water partition coefficient (Wildman–Crippen LogP) is 3.35. The van der Waals surface area contributed by atoms with Crippen LogP contribution in [0.5, 0.6) is 5.75 Å². The fourth-order valence-corrected chi connectivity index (χ4v) is 3.20. The van der Waals surface area contributed by atoms with Crippen molar-refractivity contribution in [3.05, 3.63) is 43.6 Å². The third-order valence-electron chi connectivity index (χ3n) is 3.71. The largest absolute Gasteiger partial charge is 0.493 e. The van der Waals surface area contributed by atoms with Crippen LogP contribution in [0.3, 0.4) is 0 Å². The number of H-pyrrole nitrogens is 1. The number of imidazole rings is 1. The van der Waals surface area contributed by atoms with Gasteiger partial charge in [-0.05, 0) is 61.1 Å². The molecule has 0 unspecified atom stereocenters. The van der Waals surface area contributed by atoms with Crippen molar-refractivity contribution in [1.82, 2.24) is 19.6 Å². The molecule has 2 aromatic heterocycles. The molecule has 1 aromatic carbocycles. The average molecular weight is 438 g/mol. The van der Waals surface area contributed by atoms with Gasteiger partial charge >= 0.3 is 0 Å². The zero-order valence-electron chi connectivity index (χ0n) is 13.9.